The monoisotopic (exact) mass is 399 g/mol. The van der Waals surface area contributed by atoms with Crippen LogP contribution in [0.2, 0.25) is 0 Å². The molecule has 1 amide bonds. The molecule has 3 aromatic rings. The molecule has 0 aliphatic carbocycles. The van der Waals surface area contributed by atoms with Crippen LogP contribution in [0.15, 0.2) is 60.0 Å². The van der Waals surface area contributed by atoms with Crippen LogP contribution in [0.5, 0.6) is 0 Å². The summed E-state index contributed by atoms with van der Waals surface area (Å²) in [5, 5.41) is 4.16. The number of carbonyl (C=O) groups excluding carboxylic acids is 1. The van der Waals surface area contributed by atoms with Gasteiger partial charge in [-0.1, -0.05) is 48.5 Å². The molecule has 1 aliphatic rings. The topological polar surface area (TPSA) is 54.5 Å². The van der Waals surface area contributed by atoms with Crippen molar-refractivity contribution in [2.45, 2.75) is 25.4 Å². The summed E-state index contributed by atoms with van der Waals surface area (Å²) in [5.74, 6) is 0.224. The van der Waals surface area contributed by atoms with Crippen molar-refractivity contribution in [1.82, 2.24) is 4.90 Å². The third-order valence-corrected chi connectivity index (χ3v) is 7.71. The Kier molecular flexibility index (Phi) is 5.02. The zero-order valence-electron chi connectivity index (χ0n) is 14.9. The second-order valence-electron chi connectivity index (χ2n) is 6.97. The van der Waals surface area contributed by atoms with Gasteiger partial charge in [-0.25, -0.2) is 8.42 Å². The van der Waals surface area contributed by atoms with Crippen molar-refractivity contribution in [3.63, 3.8) is 0 Å². The Morgan fingerprint density at radius 1 is 1.07 bits per heavy atom. The Morgan fingerprint density at radius 2 is 1.89 bits per heavy atom. The van der Waals surface area contributed by atoms with Crippen molar-refractivity contribution in [3.05, 3.63) is 70.4 Å². The van der Waals surface area contributed by atoms with Crippen LogP contribution in [0.1, 0.15) is 16.9 Å². The molecule has 27 heavy (non-hydrogen) atoms. The van der Waals surface area contributed by atoms with Crippen LogP contribution in [0.4, 0.5) is 0 Å². The van der Waals surface area contributed by atoms with Gasteiger partial charge in [0.2, 0.25) is 5.91 Å². The molecule has 0 unspecified atom stereocenters. The van der Waals surface area contributed by atoms with Crippen molar-refractivity contribution in [1.29, 1.82) is 0 Å². The first kappa shape index (κ1) is 18.2. The van der Waals surface area contributed by atoms with Gasteiger partial charge in [0.1, 0.15) is 0 Å². The second kappa shape index (κ2) is 7.44. The van der Waals surface area contributed by atoms with Crippen molar-refractivity contribution < 1.29 is 13.2 Å². The minimum absolute atomic E-state index is 0.0122. The molecule has 1 saturated heterocycles. The molecule has 4 rings (SSSR count). The highest BCUT2D eigenvalue weighted by Gasteiger charge is 2.34. The number of hydrogen-bond acceptors (Lipinski definition) is 4. The molecule has 0 radical (unpaired) electrons. The van der Waals surface area contributed by atoms with Gasteiger partial charge in [-0.05, 0) is 34.2 Å². The number of rotatable bonds is 5. The van der Waals surface area contributed by atoms with Crippen LogP contribution in [-0.4, -0.2) is 36.8 Å². The standard InChI is InChI=1S/C21H21NO3S2/c23-21(13-17-7-3-6-16-5-1-2-9-20(16)17)22(14-19-8-4-11-26-19)18-10-12-27(24,25)15-18/h1-9,11,18H,10,12-15H2/t18-/m0/s1. The van der Waals surface area contributed by atoms with Crippen LogP contribution in [0, 0.1) is 0 Å². The first-order valence-electron chi connectivity index (χ1n) is 9.01. The molecule has 140 valence electrons. The highest BCUT2D eigenvalue weighted by atomic mass is 32.2. The quantitative estimate of drug-likeness (QED) is 0.658. The largest absolute Gasteiger partial charge is 0.333 e. The van der Waals surface area contributed by atoms with Crippen molar-refractivity contribution in [3.8, 4) is 0 Å². The summed E-state index contributed by atoms with van der Waals surface area (Å²) in [6, 6.07) is 17.7. The van der Waals surface area contributed by atoms with Gasteiger partial charge >= 0.3 is 0 Å². The summed E-state index contributed by atoms with van der Waals surface area (Å²) >= 11 is 1.59. The van der Waals surface area contributed by atoms with Crippen LogP contribution >= 0.6 is 11.3 Å². The number of carbonyl (C=O) groups is 1. The van der Waals surface area contributed by atoms with E-state index in [1.165, 1.54) is 0 Å². The van der Waals surface area contributed by atoms with E-state index in [0.29, 0.717) is 13.0 Å². The Hall–Kier alpha value is -2.18. The lowest BCUT2D eigenvalue weighted by Gasteiger charge is -2.28. The average molecular weight is 400 g/mol. The van der Waals surface area contributed by atoms with Gasteiger partial charge in [0.05, 0.1) is 24.5 Å². The van der Waals surface area contributed by atoms with E-state index in [9.17, 15) is 13.2 Å². The molecule has 2 heterocycles. The molecular formula is C21H21NO3S2. The van der Waals surface area contributed by atoms with E-state index in [4.69, 9.17) is 0 Å². The molecule has 1 fully saturated rings. The fraction of sp³-hybridized carbons (Fsp3) is 0.286. The molecule has 1 aromatic heterocycles. The molecule has 0 N–H and O–H groups in total. The highest BCUT2D eigenvalue weighted by molar-refractivity contribution is 7.91. The fourth-order valence-electron chi connectivity index (χ4n) is 3.72. The molecule has 1 aliphatic heterocycles. The lowest BCUT2D eigenvalue weighted by Crippen LogP contribution is -2.41. The van der Waals surface area contributed by atoms with Crippen LogP contribution < -0.4 is 0 Å². The smallest absolute Gasteiger partial charge is 0.227 e. The van der Waals surface area contributed by atoms with Gasteiger partial charge < -0.3 is 4.90 Å². The van der Waals surface area contributed by atoms with E-state index in [-0.39, 0.29) is 29.9 Å². The third-order valence-electron chi connectivity index (χ3n) is 5.10. The fourth-order valence-corrected chi connectivity index (χ4v) is 6.16. The molecule has 2 aromatic carbocycles. The van der Waals surface area contributed by atoms with Crippen molar-refractivity contribution in [2.24, 2.45) is 0 Å². The van der Waals surface area contributed by atoms with E-state index in [2.05, 4.69) is 0 Å². The zero-order chi connectivity index (χ0) is 18.9. The molecule has 0 saturated carbocycles. The van der Waals surface area contributed by atoms with Gasteiger partial charge in [-0.15, -0.1) is 11.3 Å². The maximum atomic E-state index is 13.2. The molecule has 6 heteroatoms. The minimum atomic E-state index is -3.05. The minimum Gasteiger partial charge on any atom is -0.333 e. The SMILES string of the molecule is O=C(Cc1cccc2ccccc12)N(Cc1cccs1)[C@H]1CCS(=O)(=O)C1. The Bertz CT molecular complexity index is 1050. The van der Waals surface area contributed by atoms with E-state index >= 15 is 0 Å². The predicted molar refractivity (Wildman–Crippen MR) is 110 cm³/mol. The summed E-state index contributed by atoms with van der Waals surface area (Å²) in [5.41, 5.74) is 0.982. The predicted octanol–water partition coefficient (Wildman–Crippen LogP) is 3.66. The maximum Gasteiger partial charge on any atom is 0.227 e. The van der Waals surface area contributed by atoms with E-state index in [0.717, 1.165) is 21.2 Å². The summed E-state index contributed by atoms with van der Waals surface area (Å²) in [6.07, 6.45) is 0.804. The number of sulfone groups is 1. The van der Waals surface area contributed by atoms with E-state index in [1.54, 1.807) is 16.2 Å². The number of amides is 1. The molecule has 1 atom stereocenters. The van der Waals surface area contributed by atoms with Crippen LogP contribution in [0.3, 0.4) is 0 Å². The summed E-state index contributed by atoms with van der Waals surface area (Å²) in [6.45, 7) is 0.474. The van der Waals surface area contributed by atoms with E-state index in [1.807, 2.05) is 60.0 Å². The summed E-state index contributed by atoms with van der Waals surface area (Å²) in [4.78, 5) is 16.1. The molecule has 0 bridgehead atoms. The lowest BCUT2D eigenvalue weighted by atomic mass is 10.0. The summed E-state index contributed by atoms with van der Waals surface area (Å²) in [7, 11) is -3.05. The normalized spacial score (nSPS) is 18.6. The van der Waals surface area contributed by atoms with Crippen molar-refractivity contribution in [2.75, 3.05) is 11.5 Å². The van der Waals surface area contributed by atoms with E-state index < -0.39 is 9.84 Å². The number of hydrogen-bond donors (Lipinski definition) is 0. The van der Waals surface area contributed by atoms with Gasteiger partial charge in [-0.3, -0.25) is 4.79 Å². The van der Waals surface area contributed by atoms with Gasteiger partial charge in [0, 0.05) is 10.9 Å². The Labute approximate surface area is 163 Å². The van der Waals surface area contributed by atoms with Gasteiger partial charge in [0.25, 0.3) is 0 Å². The number of benzene rings is 2. The second-order valence-corrected chi connectivity index (χ2v) is 10.2. The first-order chi connectivity index (χ1) is 13.0. The summed E-state index contributed by atoms with van der Waals surface area (Å²) < 4.78 is 23.9. The molecule has 0 spiro atoms. The van der Waals surface area contributed by atoms with Crippen LogP contribution in [0.25, 0.3) is 10.8 Å². The Balaban J connectivity index is 1.61. The van der Waals surface area contributed by atoms with Crippen molar-refractivity contribution >= 4 is 37.9 Å². The first-order valence-corrected chi connectivity index (χ1v) is 11.7. The number of nitrogens with zero attached hydrogens (tertiary/aromatic N) is 1. The Morgan fingerprint density at radius 3 is 2.63 bits per heavy atom. The van der Waals surface area contributed by atoms with Gasteiger partial charge in [0.15, 0.2) is 9.84 Å². The number of fused-ring (bicyclic) bond motifs is 1. The molecular weight excluding hydrogens is 378 g/mol. The van der Waals surface area contributed by atoms with Gasteiger partial charge in [-0.2, -0.15) is 0 Å². The molecule has 4 nitrogen and oxygen atoms in total. The maximum absolute atomic E-state index is 13.2. The third kappa shape index (κ3) is 4.06. The van der Waals surface area contributed by atoms with Crippen LogP contribution in [-0.2, 0) is 27.6 Å². The highest BCUT2D eigenvalue weighted by Crippen LogP contribution is 2.25. The average Bonchev–Trinajstić information content (AvgIpc) is 3.29. The number of thiophene rings is 1. The zero-order valence-corrected chi connectivity index (χ0v) is 16.5. The lowest BCUT2D eigenvalue weighted by molar-refractivity contribution is -0.132.